The molecule has 1 amide bonds. The molecule has 0 aromatic carbocycles. The van der Waals surface area contributed by atoms with E-state index in [1.165, 1.54) is 25.7 Å². The standard InChI is InChI=1S/C15H28N2O/c1-3-15(4-2)8-9-17(11-15)14(18)13-7-5-6-12(13)10-16/h12-13H,3-11,16H2,1-2H3/t12-,13-/m1/s1. The second-order valence-electron chi connectivity index (χ2n) is 6.25. The van der Waals surface area contributed by atoms with Gasteiger partial charge in [0.2, 0.25) is 5.91 Å². The Morgan fingerprint density at radius 1 is 1.33 bits per heavy atom. The molecule has 2 rings (SSSR count). The monoisotopic (exact) mass is 252 g/mol. The van der Waals surface area contributed by atoms with Crippen molar-refractivity contribution in [3.8, 4) is 0 Å². The van der Waals surface area contributed by atoms with Gasteiger partial charge in [-0.2, -0.15) is 0 Å². The third-order valence-corrected chi connectivity index (χ3v) is 5.53. The summed E-state index contributed by atoms with van der Waals surface area (Å²) < 4.78 is 0. The fourth-order valence-corrected chi connectivity index (χ4v) is 3.83. The lowest BCUT2D eigenvalue weighted by molar-refractivity contribution is -0.136. The molecule has 2 N–H and O–H groups in total. The Kier molecular flexibility index (Phi) is 4.31. The first kappa shape index (κ1) is 13.9. The lowest BCUT2D eigenvalue weighted by Gasteiger charge is -2.28. The Labute approximate surface area is 111 Å². The molecule has 0 aromatic heterocycles. The highest BCUT2D eigenvalue weighted by Gasteiger charge is 2.41. The Morgan fingerprint density at radius 3 is 2.61 bits per heavy atom. The van der Waals surface area contributed by atoms with Gasteiger partial charge in [-0.1, -0.05) is 20.3 Å². The number of nitrogens with zero attached hydrogens (tertiary/aromatic N) is 1. The third kappa shape index (κ3) is 2.42. The fraction of sp³-hybridized carbons (Fsp3) is 0.933. The van der Waals surface area contributed by atoms with Crippen molar-refractivity contribution in [3.05, 3.63) is 0 Å². The summed E-state index contributed by atoms with van der Waals surface area (Å²) in [6.07, 6.45) is 6.96. The third-order valence-electron chi connectivity index (χ3n) is 5.53. The summed E-state index contributed by atoms with van der Waals surface area (Å²) in [4.78, 5) is 14.7. The summed E-state index contributed by atoms with van der Waals surface area (Å²) in [5.41, 5.74) is 6.19. The van der Waals surface area contributed by atoms with E-state index in [0.29, 0.717) is 23.8 Å². The number of nitrogens with two attached hydrogens (primary N) is 1. The number of carbonyl (C=O) groups is 1. The molecule has 0 spiro atoms. The van der Waals surface area contributed by atoms with Crippen molar-refractivity contribution in [2.45, 2.75) is 52.4 Å². The maximum atomic E-state index is 12.6. The quantitative estimate of drug-likeness (QED) is 0.835. The van der Waals surface area contributed by atoms with Gasteiger partial charge in [-0.05, 0) is 50.0 Å². The smallest absolute Gasteiger partial charge is 0.226 e. The molecule has 2 aliphatic rings. The van der Waals surface area contributed by atoms with Crippen molar-refractivity contribution < 1.29 is 4.79 Å². The molecule has 104 valence electrons. The van der Waals surface area contributed by atoms with Crippen LogP contribution < -0.4 is 5.73 Å². The van der Waals surface area contributed by atoms with Crippen LogP contribution >= 0.6 is 0 Å². The van der Waals surface area contributed by atoms with Crippen LogP contribution in [0.5, 0.6) is 0 Å². The van der Waals surface area contributed by atoms with Crippen molar-refractivity contribution in [3.63, 3.8) is 0 Å². The van der Waals surface area contributed by atoms with Crippen LogP contribution in [0.4, 0.5) is 0 Å². The molecule has 1 heterocycles. The summed E-state index contributed by atoms with van der Waals surface area (Å²) in [7, 11) is 0. The molecule has 0 aromatic rings. The van der Waals surface area contributed by atoms with E-state index in [1.54, 1.807) is 0 Å². The molecule has 2 atom stereocenters. The Balaban J connectivity index is 1.99. The van der Waals surface area contributed by atoms with E-state index >= 15 is 0 Å². The molecular weight excluding hydrogens is 224 g/mol. The van der Waals surface area contributed by atoms with Crippen LogP contribution in [0.15, 0.2) is 0 Å². The van der Waals surface area contributed by atoms with Crippen LogP contribution in [0.25, 0.3) is 0 Å². The number of likely N-dealkylation sites (tertiary alicyclic amines) is 1. The minimum absolute atomic E-state index is 0.222. The lowest BCUT2D eigenvalue weighted by Crippen LogP contribution is -2.39. The first-order valence-electron chi connectivity index (χ1n) is 7.64. The molecule has 0 bridgehead atoms. The van der Waals surface area contributed by atoms with Crippen LogP contribution in [-0.2, 0) is 4.79 Å². The second-order valence-corrected chi connectivity index (χ2v) is 6.25. The Hall–Kier alpha value is -0.570. The molecule has 1 aliphatic carbocycles. The van der Waals surface area contributed by atoms with Crippen LogP contribution in [-0.4, -0.2) is 30.4 Å². The van der Waals surface area contributed by atoms with E-state index in [2.05, 4.69) is 18.7 Å². The maximum absolute atomic E-state index is 12.6. The highest BCUT2D eigenvalue weighted by Crippen LogP contribution is 2.39. The highest BCUT2D eigenvalue weighted by atomic mass is 16.2. The minimum atomic E-state index is 0.222. The lowest BCUT2D eigenvalue weighted by atomic mass is 9.82. The normalized spacial score (nSPS) is 30.9. The van der Waals surface area contributed by atoms with E-state index < -0.39 is 0 Å². The topological polar surface area (TPSA) is 46.3 Å². The molecule has 0 unspecified atom stereocenters. The van der Waals surface area contributed by atoms with Gasteiger partial charge in [-0.15, -0.1) is 0 Å². The van der Waals surface area contributed by atoms with Crippen LogP contribution in [0, 0.1) is 17.3 Å². The molecule has 3 nitrogen and oxygen atoms in total. The molecule has 1 saturated carbocycles. The van der Waals surface area contributed by atoms with E-state index in [1.807, 2.05) is 0 Å². The summed E-state index contributed by atoms with van der Waals surface area (Å²) >= 11 is 0. The summed E-state index contributed by atoms with van der Waals surface area (Å²) in [5, 5.41) is 0. The van der Waals surface area contributed by atoms with Crippen LogP contribution in [0.3, 0.4) is 0 Å². The van der Waals surface area contributed by atoms with Gasteiger partial charge in [0, 0.05) is 19.0 Å². The zero-order valence-corrected chi connectivity index (χ0v) is 12.0. The fourth-order valence-electron chi connectivity index (χ4n) is 3.83. The predicted octanol–water partition coefficient (Wildman–Crippen LogP) is 2.40. The van der Waals surface area contributed by atoms with Gasteiger partial charge >= 0.3 is 0 Å². The zero-order chi connectivity index (χ0) is 13.2. The second kappa shape index (κ2) is 5.60. The molecule has 3 heteroatoms. The van der Waals surface area contributed by atoms with Crippen molar-refractivity contribution in [2.75, 3.05) is 19.6 Å². The first-order valence-corrected chi connectivity index (χ1v) is 7.64. The largest absolute Gasteiger partial charge is 0.342 e. The zero-order valence-electron chi connectivity index (χ0n) is 12.0. The summed E-state index contributed by atoms with van der Waals surface area (Å²) in [5.74, 6) is 1.06. The summed E-state index contributed by atoms with van der Waals surface area (Å²) in [6.45, 7) is 7.14. The van der Waals surface area contributed by atoms with Gasteiger partial charge in [-0.3, -0.25) is 4.79 Å². The first-order chi connectivity index (χ1) is 8.65. The van der Waals surface area contributed by atoms with Crippen molar-refractivity contribution in [1.29, 1.82) is 0 Å². The molecule has 2 fully saturated rings. The van der Waals surface area contributed by atoms with Crippen LogP contribution in [0.2, 0.25) is 0 Å². The van der Waals surface area contributed by atoms with Crippen molar-refractivity contribution in [2.24, 2.45) is 23.0 Å². The Morgan fingerprint density at radius 2 is 2.06 bits per heavy atom. The maximum Gasteiger partial charge on any atom is 0.226 e. The minimum Gasteiger partial charge on any atom is -0.342 e. The Bertz CT molecular complexity index is 299. The molecule has 0 radical (unpaired) electrons. The van der Waals surface area contributed by atoms with Crippen LogP contribution in [0.1, 0.15) is 52.4 Å². The van der Waals surface area contributed by atoms with Gasteiger partial charge in [0.25, 0.3) is 0 Å². The van der Waals surface area contributed by atoms with E-state index in [4.69, 9.17) is 5.73 Å². The van der Waals surface area contributed by atoms with Gasteiger partial charge in [0.05, 0.1) is 0 Å². The van der Waals surface area contributed by atoms with E-state index in [0.717, 1.165) is 25.9 Å². The average molecular weight is 252 g/mol. The predicted molar refractivity (Wildman–Crippen MR) is 74.1 cm³/mol. The number of carbonyl (C=O) groups excluding carboxylic acids is 1. The van der Waals surface area contributed by atoms with Gasteiger partial charge < -0.3 is 10.6 Å². The average Bonchev–Trinajstić information content (AvgIpc) is 3.05. The number of rotatable bonds is 4. The van der Waals surface area contributed by atoms with Crippen molar-refractivity contribution >= 4 is 5.91 Å². The van der Waals surface area contributed by atoms with E-state index in [-0.39, 0.29) is 5.92 Å². The van der Waals surface area contributed by atoms with Gasteiger partial charge in [0.1, 0.15) is 0 Å². The molecule has 1 aliphatic heterocycles. The molecule has 1 saturated heterocycles. The molecular formula is C15H28N2O. The van der Waals surface area contributed by atoms with E-state index in [9.17, 15) is 4.79 Å². The summed E-state index contributed by atoms with van der Waals surface area (Å²) in [6, 6.07) is 0. The number of hydrogen-bond donors (Lipinski definition) is 1. The molecule has 18 heavy (non-hydrogen) atoms. The van der Waals surface area contributed by atoms with Crippen molar-refractivity contribution in [1.82, 2.24) is 4.90 Å². The highest BCUT2D eigenvalue weighted by molar-refractivity contribution is 5.79. The number of amides is 1. The number of hydrogen-bond acceptors (Lipinski definition) is 2. The van der Waals surface area contributed by atoms with Gasteiger partial charge in [0.15, 0.2) is 0 Å². The van der Waals surface area contributed by atoms with Gasteiger partial charge in [-0.25, -0.2) is 0 Å². The SMILES string of the molecule is CCC1(CC)CCN(C(=O)[C@@H]2CCC[C@@H]2CN)C1.